The summed E-state index contributed by atoms with van der Waals surface area (Å²) in [5, 5.41) is 0. The minimum atomic E-state index is -0.206. The Labute approximate surface area is 171 Å². The van der Waals surface area contributed by atoms with E-state index in [2.05, 4.69) is 6.07 Å². The molecule has 0 unspecified atom stereocenters. The first-order valence-electron chi connectivity index (χ1n) is 10.5. The van der Waals surface area contributed by atoms with E-state index in [1.165, 1.54) is 10.5 Å². The second-order valence-electron chi connectivity index (χ2n) is 7.75. The van der Waals surface area contributed by atoms with Crippen LogP contribution < -0.4 is 4.90 Å². The number of benzene rings is 2. The maximum absolute atomic E-state index is 12.8. The van der Waals surface area contributed by atoms with Gasteiger partial charge in [-0.25, -0.2) is 0 Å². The maximum atomic E-state index is 12.8. The number of nitrogens with zero attached hydrogens (tertiary/aromatic N) is 2. The molecule has 0 saturated heterocycles. The van der Waals surface area contributed by atoms with Crippen molar-refractivity contribution in [2.24, 2.45) is 0 Å². The average Bonchev–Trinajstić information content (AvgIpc) is 2.89. The Kier molecular flexibility index (Phi) is 5.74. The fourth-order valence-electron chi connectivity index (χ4n) is 4.25. The van der Waals surface area contributed by atoms with Crippen LogP contribution in [0.2, 0.25) is 0 Å². The van der Waals surface area contributed by atoms with Gasteiger partial charge in [0.25, 0.3) is 11.8 Å². The third-order valence-electron chi connectivity index (χ3n) is 5.81. The first-order valence-corrected chi connectivity index (χ1v) is 10.5. The summed E-state index contributed by atoms with van der Waals surface area (Å²) in [6.07, 6.45) is 5.96. The van der Waals surface area contributed by atoms with Crippen molar-refractivity contribution in [3.8, 4) is 0 Å². The van der Waals surface area contributed by atoms with Crippen LogP contribution >= 0.6 is 0 Å². The Balaban J connectivity index is 1.26. The number of para-hydroxylation sites is 1. The van der Waals surface area contributed by atoms with Crippen molar-refractivity contribution in [1.82, 2.24) is 4.90 Å². The van der Waals surface area contributed by atoms with Gasteiger partial charge < -0.3 is 4.90 Å². The summed E-state index contributed by atoms with van der Waals surface area (Å²) in [7, 11) is 0. The number of carbonyl (C=O) groups excluding carboxylic acids is 3. The zero-order valence-electron chi connectivity index (χ0n) is 16.6. The van der Waals surface area contributed by atoms with E-state index in [0.717, 1.165) is 50.8 Å². The fourth-order valence-corrected chi connectivity index (χ4v) is 4.25. The number of carbonyl (C=O) groups is 3. The van der Waals surface area contributed by atoms with Gasteiger partial charge >= 0.3 is 0 Å². The van der Waals surface area contributed by atoms with Crippen molar-refractivity contribution < 1.29 is 14.4 Å². The second-order valence-corrected chi connectivity index (χ2v) is 7.75. The van der Waals surface area contributed by atoms with Crippen LogP contribution in [0, 0.1) is 0 Å². The number of imide groups is 1. The number of aryl methyl sites for hydroxylation is 1. The SMILES string of the molecule is O=C1c2ccccc2C(=O)N1CCCCCC(=O)N1CCCCc2ccccc21. The summed E-state index contributed by atoms with van der Waals surface area (Å²) >= 11 is 0. The fraction of sp³-hybridized carbons (Fsp3) is 0.375. The molecular formula is C24H26N2O3. The predicted molar refractivity (Wildman–Crippen MR) is 112 cm³/mol. The molecule has 4 rings (SSSR count). The van der Waals surface area contributed by atoms with Crippen LogP contribution in [0.15, 0.2) is 48.5 Å². The highest BCUT2D eigenvalue weighted by Crippen LogP contribution is 2.27. The molecule has 0 fully saturated rings. The molecule has 0 radical (unpaired) electrons. The van der Waals surface area contributed by atoms with E-state index in [0.29, 0.717) is 24.1 Å². The largest absolute Gasteiger partial charge is 0.312 e. The van der Waals surface area contributed by atoms with Crippen LogP contribution in [-0.2, 0) is 11.2 Å². The molecule has 0 bridgehead atoms. The molecule has 2 aliphatic heterocycles. The van der Waals surface area contributed by atoms with Crippen molar-refractivity contribution in [1.29, 1.82) is 0 Å². The van der Waals surface area contributed by atoms with E-state index in [1.807, 2.05) is 23.1 Å². The molecule has 0 aromatic heterocycles. The van der Waals surface area contributed by atoms with Gasteiger partial charge in [0.05, 0.1) is 11.1 Å². The van der Waals surface area contributed by atoms with Crippen molar-refractivity contribution in [2.75, 3.05) is 18.0 Å². The molecule has 5 heteroatoms. The number of fused-ring (bicyclic) bond motifs is 2. The summed E-state index contributed by atoms with van der Waals surface area (Å²) in [6, 6.07) is 15.1. The van der Waals surface area contributed by atoms with Gasteiger partial charge in [-0.2, -0.15) is 0 Å². The molecule has 150 valence electrons. The van der Waals surface area contributed by atoms with Crippen LogP contribution in [0.4, 0.5) is 5.69 Å². The molecule has 2 heterocycles. The van der Waals surface area contributed by atoms with E-state index in [1.54, 1.807) is 24.3 Å². The average molecular weight is 390 g/mol. The van der Waals surface area contributed by atoms with Gasteiger partial charge in [-0.15, -0.1) is 0 Å². The number of unbranched alkanes of at least 4 members (excludes halogenated alkanes) is 2. The minimum Gasteiger partial charge on any atom is -0.312 e. The van der Waals surface area contributed by atoms with Crippen molar-refractivity contribution >= 4 is 23.4 Å². The molecule has 0 atom stereocenters. The molecule has 0 saturated carbocycles. The molecule has 2 aromatic carbocycles. The smallest absolute Gasteiger partial charge is 0.261 e. The van der Waals surface area contributed by atoms with Gasteiger partial charge in [-0.05, 0) is 55.9 Å². The Bertz CT molecular complexity index is 902. The Morgan fingerprint density at radius 2 is 1.52 bits per heavy atom. The Morgan fingerprint density at radius 3 is 2.28 bits per heavy atom. The van der Waals surface area contributed by atoms with E-state index < -0.39 is 0 Å². The van der Waals surface area contributed by atoms with Gasteiger partial charge in [-0.3, -0.25) is 19.3 Å². The molecule has 2 aliphatic rings. The van der Waals surface area contributed by atoms with Gasteiger partial charge in [0, 0.05) is 25.2 Å². The molecule has 0 spiro atoms. The minimum absolute atomic E-state index is 0.167. The van der Waals surface area contributed by atoms with Crippen molar-refractivity contribution in [3.05, 3.63) is 65.2 Å². The predicted octanol–water partition coefficient (Wildman–Crippen LogP) is 4.21. The lowest BCUT2D eigenvalue weighted by molar-refractivity contribution is -0.118. The van der Waals surface area contributed by atoms with E-state index in [9.17, 15) is 14.4 Å². The number of hydrogen-bond acceptors (Lipinski definition) is 3. The van der Waals surface area contributed by atoms with Crippen LogP contribution in [0.3, 0.4) is 0 Å². The van der Waals surface area contributed by atoms with Crippen LogP contribution in [-0.4, -0.2) is 35.7 Å². The second kappa shape index (κ2) is 8.60. The summed E-state index contributed by atoms with van der Waals surface area (Å²) < 4.78 is 0. The number of rotatable bonds is 6. The lowest BCUT2D eigenvalue weighted by Gasteiger charge is -2.23. The molecule has 5 nitrogen and oxygen atoms in total. The molecule has 29 heavy (non-hydrogen) atoms. The molecular weight excluding hydrogens is 364 g/mol. The quantitative estimate of drug-likeness (QED) is 0.548. The maximum Gasteiger partial charge on any atom is 0.261 e. The molecule has 2 aromatic rings. The highest BCUT2D eigenvalue weighted by Gasteiger charge is 2.34. The highest BCUT2D eigenvalue weighted by molar-refractivity contribution is 6.21. The molecule has 3 amide bonds. The first-order chi connectivity index (χ1) is 14.2. The topological polar surface area (TPSA) is 57.7 Å². The lowest BCUT2D eigenvalue weighted by Crippen LogP contribution is -2.32. The van der Waals surface area contributed by atoms with Gasteiger partial charge in [0.15, 0.2) is 0 Å². The monoisotopic (exact) mass is 390 g/mol. The van der Waals surface area contributed by atoms with Crippen LogP contribution in [0.1, 0.15) is 64.8 Å². The third kappa shape index (κ3) is 3.95. The Hall–Kier alpha value is -2.95. The summed E-state index contributed by atoms with van der Waals surface area (Å²) in [4.78, 5) is 40.8. The van der Waals surface area contributed by atoms with Gasteiger partial charge in [-0.1, -0.05) is 36.8 Å². The standard InChI is InChI=1S/C24H26N2O3/c27-22(25-16-9-7-11-18-10-3-6-14-21(18)25)15-2-1-8-17-26-23(28)19-12-4-5-13-20(19)24(26)29/h3-6,10,12-14H,1-2,7-9,11,15-17H2. The van der Waals surface area contributed by atoms with Gasteiger partial charge in [0.2, 0.25) is 5.91 Å². The summed E-state index contributed by atoms with van der Waals surface area (Å²) in [5.74, 6) is -0.245. The van der Waals surface area contributed by atoms with Gasteiger partial charge in [0.1, 0.15) is 0 Å². The van der Waals surface area contributed by atoms with E-state index in [4.69, 9.17) is 0 Å². The van der Waals surface area contributed by atoms with Crippen molar-refractivity contribution in [3.63, 3.8) is 0 Å². The first kappa shape index (κ1) is 19.4. The molecule has 0 N–H and O–H groups in total. The number of amides is 3. The zero-order valence-corrected chi connectivity index (χ0v) is 16.6. The van der Waals surface area contributed by atoms with Crippen molar-refractivity contribution in [2.45, 2.75) is 44.9 Å². The highest BCUT2D eigenvalue weighted by atomic mass is 16.2. The third-order valence-corrected chi connectivity index (χ3v) is 5.81. The Morgan fingerprint density at radius 1 is 0.828 bits per heavy atom. The van der Waals surface area contributed by atoms with E-state index in [-0.39, 0.29) is 17.7 Å². The normalized spacial score (nSPS) is 15.9. The van der Waals surface area contributed by atoms with Crippen LogP contribution in [0.25, 0.3) is 0 Å². The number of hydrogen-bond donors (Lipinski definition) is 0. The lowest BCUT2D eigenvalue weighted by atomic mass is 10.1. The summed E-state index contributed by atoms with van der Waals surface area (Å²) in [6.45, 7) is 1.19. The van der Waals surface area contributed by atoms with E-state index >= 15 is 0 Å². The molecule has 0 aliphatic carbocycles. The van der Waals surface area contributed by atoms with Crippen LogP contribution in [0.5, 0.6) is 0 Å². The summed E-state index contributed by atoms with van der Waals surface area (Å²) in [5.41, 5.74) is 3.30. The zero-order chi connectivity index (χ0) is 20.2. The number of anilines is 1.